The molecule has 1 aliphatic carbocycles. The van der Waals surface area contributed by atoms with Crippen molar-refractivity contribution in [1.29, 1.82) is 0 Å². The highest BCUT2D eigenvalue weighted by atomic mass is 16.2. The summed E-state index contributed by atoms with van der Waals surface area (Å²) >= 11 is 0. The molecule has 17 heavy (non-hydrogen) atoms. The summed E-state index contributed by atoms with van der Waals surface area (Å²) in [5.74, 6) is 2.53. The molecule has 3 unspecified atom stereocenters. The Kier molecular flexibility index (Phi) is 3.51. The van der Waals surface area contributed by atoms with Gasteiger partial charge >= 0.3 is 0 Å². The molecular formula is C14H19NO2. The number of carbonyl (C=O) groups excluding carboxylic acids is 2. The second-order valence-corrected chi connectivity index (χ2v) is 5.01. The van der Waals surface area contributed by atoms with Gasteiger partial charge in [-0.15, -0.1) is 12.3 Å². The summed E-state index contributed by atoms with van der Waals surface area (Å²) < 4.78 is 0. The lowest BCUT2D eigenvalue weighted by atomic mass is 9.81. The fourth-order valence-corrected chi connectivity index (χ4v) is 3.10. The Morgan fingerprint density at radius 1 is 1.29 bits per heavy atom. The molecule has 2 amide bonds. The molecule has 92 valence electrons. The maximum Gasteiger partial charge on any atom is 0.233 e. The number of terminal acetylenes is 1. The number of imide groups is 1. The van der Waals surface area contributed by atoms with E-state index in [9.17, 15) is 9.59 Å². The summed E-state index contributed by atoms with van der Waals surface area (Å²) in [7, 11) is 0. The Balaban J connectivity index is 2.20. The first-order valence-electron chi connectivity index (χ1n) is 6.51. The number of likely N-dealkylation sites (tertiary alicyclic amines) is 1. The van der Waals surface area contributed by atoms with Gasteiger partial charge in [0.25, 0.3) is 0 Å². The van der Waals surface area contributed by atoms with Gasteiger partial charge in [0.15, 0.2) is 0 Å². The average molecular weight is 233 g/mol. The van der Waals surface area contributed by atoms with Crippen LogP contribution in [0.2, 0.25) is 0 Å². The van der Waals surface area contributed by atoms with Crippen molar-refractivity contribution in [3.05, 3.63) is 0 Å². The minimum atomic E-state index is -0.0920. The molecule has 1 heterocycles. The van der Waals surface area contributed by atoms with Gasteiger partial charge in [0.1, 0.15) is 0 Å². The molecule has 3 heteroatoms. The van der Waals surface area contributed by atoms with Crippen molar-refractivity contribution in [3.63, 3.8) is 0 Å². The maximum absolute atomic E-state index is 12.3. The Hall–Kier alpha value is -1.30. The molecule has 3 nitrogen and oxygen atoms in total. The predicted octanol–water partition coefficient (Wildman–Crippen LogP) is 1.96. The van der Waals surface area contributed by atoms with Crippen LogP contribution in [0.3, 0.4) is 0 Å². The van der Waals surface area contributed by atoms with Gasteiger partial charge in [0, 0.05) is 6.42 Å². The molecule has 3 atom stereocenters. The second kappa shape index (κ2) is 4.91. The largest absolute Gasteiger partial charge is 0.278 e. The van der Waals surface area contributed by atoms with Gasteiger partial charge in [-0.05, 0) is 19.3 Å². The Morgan fingerprint density at radius 3 is 2.24 bits per heavy atom. The highest BCUT2D eigenvalue weighted by Crippen LogP contribution is 2.39. The average Bonchev–Trinajstić information content (AvgIpc) is 2.61. The molecule has 1 saturated carbocycles. The topological polar surface area (TPSA) is 37.4 Å². The van der Waals surface area contributed by atoms with E-state index in [-0.39, 0.29) is 29.7 Å². The van der Waals surface area contributed by atoms with E-state index < -0.39 is 0 Å². The summed E-state index contributed by atoms with van der Waals surface area (Å²) in [4.78, 5) is 26.0. The lowest BCUT2D eigenvalue weighted by molar-refractivity contribution is -0.142. The van der Waals surface area contributed by atoms with E-state index in [1.807, 2.05) is 6.92 Å². The molecule has 1 saturated heterocycles. The predicted molar refractivity (Wildman–Crippen MR) is 64.8 cm³/mol. The fraction of sp³-hybridized carbons (Fsp3) is 0.714. The summed E-state index contributed by atoms with van der Waals surface area (Å²) in [5.41, 5.74) is 0. The van der Waals surface area contributed by atoms with Crippen LogP contribution in [0, 0.1) is 24.2 Å². The molecule has 0 N–H and O–H groups in total. The second-order valence-electron chi connectivity index (χ2n) is 5.01. The molecule has 0 aromatic heterocycles. The monoisotopic (exact) mass is 233 g/mol. The van der Waals surface area contributed by atoms with Crippen molar-refractivity contribution >= 4 is 11.8 Å². The van der Waals surface area contributed by atoms with Crippen LogP contribution in [-0.4, -0.2) is 22.8 Å². The third-order valence-corrected chi connectivity index (χ3v) is 4.07. The van der Waals surface area contributed by atoms with E-state index in [4.69, 9.17) is 6.42 Å². The third kappa shape index (κ3) is 1.97. The smallest absolute Gasteiger partial charge is 0.233 e. The molecule has 1 aliphatic heterocycles. The van der Waals surface area contributed by atoms with Crippen molar-refractivity contribution in [2.75, 3.05) is 0 Å². The van der Waals surface area contributed by atoms with Gasteiger partial charge in [0.2, 0.25) is 11.8 Å². The molecule has 0 aromatic rings. The van der Waals surface area contributed by atoms with Crippen molar-refractivity contribution < 1.29 is 9.59 Å². The van der Waals surface area contributed by atoms with Gasteiger partial charge in [-0.25, -0.2) is 0 Å². The minimum Gasteiger partial charge on any atom is -0.278 e. The number of hydrogen-bond donors (Lipinski definition) is 0. The zero-order valence-electron chi connectivity index (χ0n) is 10.3. The van der Waals surface area contributed by atoms with Crippen LogP contribution < -0.4 is 0 Å². The first-order chi connectivity index (χ1) is 8.20. The number of amides is 2. The fourth-order valence-electron chi connectivity index (χ4n) is 3.10. The molecule has 2 aliphatic rings. The van der Waals surface area contributed by atoms with Crippen molar-refractivity contribution in [1.82, 2.24) is 4.90 Å². The number of rotatable bonds is 3. The van der Waals surface area contributed by atoms with Gasteiger partial charge in [-0.2, -0.15) is 0 Å². The summed E-state index contributed by atoms with van der Waals surface area (Å²) in [5, 5.41) is 0. The van der Waals surface area contributed by atoms with Gasteiger partial charge in [-0.1, -0.05) is 19.8 Å². The standard InChI is InChI=1S/C14H19NO2/c1-3-7-10(4-2)15-13(16)11-8-5-6-9-12(11)14(15)17/h1,10-12H,4-9H2,2H3. The van der Waals surface area contributed by atoms with E-state index in [2.05, 4.69) is 5.92 Å². The van der Waals surface area contributed by atoms with Crippen molar-refractivity contribution in [3.8, 4) is 12.3 Å². The Morgan fingerprint density at radius 2 is 1.82 bits per heavy atom. The zero-order chi connectivity index (χ0) is 12.4. The SMILES string of the molecule is C#CCC(CC)N1C(=O)C2CCCCC2C1=O. The van der Waals surface area contributed by atoms with Crippen LogP contribution >= 0.6 is 0 Å². The first-order valence-corrected chi connectivity index (χ1v) is 6.51. The quantitative estimate of drug-likeness (QED) is 0.552. The van der Waals surface area contributed by atoms with Crippen LogP contribution in [0.25, 0.3) is 0 Å². The molecule has 0 bridgehead atoms. The van der Waals surface area contributed by atoms with Crippen LogP contribution in [0.1, 0.15) is 45.4 Å². The molecule has 2 rings (SSSR count). The molecule has 0 radical (unpaired) electrons. The number of hydrogen-bond acceptors (Lipinski definition) is 2. The maximum atomic E-state index is 12.3. The molecule has 2 fully saturated rings. The first kappa shape index (κ1) is 12.2. The minimum absolute atomic E-state index is 0.0294. The van der Waals surface area contributed by atoms with E-state index >= 15 is 0 Å². The van der Waals surface area contributed by atoms with Crippen LogP contribution in [0.5, 0.6) is 0 Å². The van der Waals surface area contributed by atoms with E-state index in [1.54, 1.807) is 0 Å². The highest BCUT2D eigenvalue weighted by Gasteiger charge is 2.49. The van der Waals surface area contributed by atoms with Gasteiger partial charge in [-0.3, -0.25) is 14.5 Å². The van der Waals surface area contributed by atoms with E-state index in [1.165, 1.54) is 4.90 Å². The Labute approximate surface area is 103 Å². The van der Waals surface area contributed by atoms with Gasteiger partial charge < -0.3 is 0 Å². The van der Waals surface area contributed by atoms with Gasteiger partial charge in [0.05, 0.1) is 17.9 Å². The molecular weight excluding hydrogens is 214 g/mol. The third-order valence-electron chi connectivity index (χ3n) is 4.07. The summed E-state index contributed by atoms with van der Waals surface area (Å²) in [6.45, 7) is 1.98. The normalized spacial score (nSPS) is 30.0. The zero-order valence-corrected chi connectivity index (χ0v) is 10.3. The molecule has 0 spiro atoms. The summed E-state index contributed by atoms with van der Waals surface area (Å²) in [6.07, 6.45) is 10.4. The summed E-state index contributed by atoms with van der Waals surface area (Å²) in [6, 6.07) is -0.0920. The van der Waals surface area contributed by atoms with Crippen LogP contribution in [0.15, 0.2) is 0 Å². The van der Waals surface area contributed by atoms with E-state index in [0.717, 1.165) is 32.1 Å². The van der Waals surface area contributed by atoms with Crippen LogP contribution in [-0.2, 0) is 9.59 Å². The highest BCUT2D eigenvalue weighted by molar-refractivity contribution is 6.05. The Bertz CT molecular complexity index is 345. The number of nitrogens with zero attached hydrogens (tertiary/aromatic N) is 1. The van der Waals surface area contributed by atoms with Crippen molar-refractivity contribution in [2.24, 2.45) is 11.8 Å². The lowest BCUT2D eigenvalue weighted by Crippen LogP contribution is -2.40. The van der Waals surface area contributed by atoms with Crippen LogP contribution in [0.4, 0.5) is 0 Å². The lowest BCUT2D eigenvalue weighted by Gasteiger charge is -2.23. The van der Waals surface area contributed by atoms with E-state index in [0.29, 0.717) is 6.42 Å². The number of carbonyl (C=O) groups is 2. The molecule has 0 aromatic carbocycles. The number of fused-ring (bicyclic) bond motifs is 1. The van der Waals surface area contributed by atoms with Crippen molar-refractivity contribution in [2.45, 2.75) is 51.5 Å².